The van der Waals surface area contributed by atoms with Gasteiger partial charge in [-0.3, -0.25) is 14.6 Å². The first-order chi connectivity index (χ1) is 16.0. The molecule has 2 heterocycles. The summed E-state index contributed by atoms with van der Waals surface area (Å²) in [5, 5.41) is 2.22. The van der Waals surface area contributed by atoms with Crippen molar-refractivity contribution in [2.24, 2.45) is 7.05 Å². The van der Waals surface area contributed by atoms with Crippen molar-refractivity contribution >= 4 is 45.3 Å². The summed E-state index contributed by atoms with van der Waals surface area (Å²) in [5.74, 6) is -0.364. The second kappa shape index (κ2) is 8.49. The van der Waals surface area contributed by atoms with Crippen LogP contribution in [0.15, 0.2) is 95.9 Å². The molecule has 2 aromatic heterocycles. The van der Waals surface area contributed by atoms with E-state index in [1.54, 1.807) is 37.5 Å². The lowest BCUT2D eigenvalue weighted by atomic mass is 9.93. The van der Waals surface area contributed by atoms with E-state index in [-0.39, 0.29) is 16.9 Å². The van der Waals surface area contributed by atoms with Gasteiger partial charge in [0, 0.05) is 34.6 Å². The van der Waals surface area contributed by atoms with E-state index in [1.807, 2.05) is 60.7 Å². The van der Waals surface area contributed by atoms with Gasteiger partial charge in [0.05, 0.1) is 16.6 Å². The highest BCUT2D eigenvalue weighted by Gasteiger charge is 2.21. The van der Waals surface area contributed by atoms with Crippen molar-refractivity contribution in [3.8, 4) is 11.1 Å². The van der Waals surface area contributed by atoms with Crippen molar-refractivity contribution in [1.29, 1.82) is 0 Å². The molecule has 0 saturated carbocycles. The van der Waals surface area contributed by atoms with Crippen molar-refractivity contribution in [2.45, 2.75) is 0 Å². The first-order valence-corrected chi connectivity index (χ1v) is 10.9. The fourth-order valence-corrected chi connectivity index (χ4v) is 4.34. The highest BCUT2D eigenvalue weighted by Crippen LogP contribution is 2.32. The van der Waals surface area contributed by atoms with Crippen LogP contribution in [0.1, 0.15) is 15.9 Å². The van der Waals surface area contributed by atoms with E-state index >= 15 is 0 Å². The number of carbonyl (C=O) groups excluding carboxylic acids is 1. The number of aryl methyl sites for hydroxylation is 1. The van der Waals surface area contributed by atoms with Crippen molar-refractivity contribution in [3.63, 3.8) is 0 Å². The zero-order valence-electron chi connectivity index (χ0n) is 17.8. The summed E-state index contributed by atoms with van der Waals surface area (Å²) in [7, 11) is 1.67. The Balaban J connectivity index is 1.73. The van der Waals surface area contributed by atoms with E-state index in [0.717, 1.165) is 27.4 Å². The summed E-state index contributed by atoms with van der Waals surface area (Å²) in [6.07, 6.45) is 4.91. The predicted molar refractivity (Wildman–Crippen MR) is 135 cm³/mol. The highest BCUT2D eigenvalue weighted by molar-refractivity contribution is 6.31. The lowest BCUT2D eigenvalue weighted by Crippen LogP contribution is -2.25. The molecule has 0 unspecified atom stereocenters. The van der Waals surface area contributed by atoms with Gasteiger partial charge in [-0.1, -0.05) is 66.2 Å². The third kappa shape index (κ3) is 3.75. The summed E-state index contributed by atoms with van der Waals surface area (Å²) < 4.78 is 1.50. The summed E-state index contributed by atoms with van der Waals surface area (Å²) in [6.45, 7) is 0. The number of fused-ring (bicyclic) bond motifs is 2. The molecule has 5 rings (SSSR count). The molecule has 160 valence electrons. The molecule has 3 aromatic carbocycles. The summed E-state index contributed by atoms with van der Waals surface area (Å²) in [6, 6.07) is 24.4. The fourth-order valence-electron chi connectivity index (χ4n) is 4.17. The van der Waals surface area contributed by atoms with Crippen molar-refractivity contribution < 1.29 is 4.79 Å². The molecule has 5 heteroatoms. The molecule has 0 fully saturated rings. The van der Waals surface area contributed by atoms with Crippen LogP contribution in [-0.2, 0) is 7.05 Å². The van der Waals surface area contributed by atoms with Crippen LogP contribution in [0.2, 0.25) is 5.02 Å². The molecule has 0 amide bonds. The number of allylic oxidation sites excluding steroid dienone is 1. The number of pyridine rings is 2. The first-order valence-electron chi connectivity index (χ1n) is 10.5. The van der Waals surface area contributed by atoms with E-state index in [1.165, 1.54) is 10.6 Å². The number of nitrogens with zero attached hydrogens (tertiary/aromatic N) is 2. The standard InChI is InChI=1S/C28H19ClN2O2/c1-31-24-13-12-20(29)17-22(24)26(19-7-3-2-4-8-19)27(28(31)33)25(32)14-11-18-15-16-30-23-10-6-5-9-21(18)23/h2-17H,1H3. The smallest absolute Gasteiger partial charge is 0.262 e. The predicted octanol–water partition coefficient (Wildman–Crippen LogP) is 6.30. The molecule has 0 spiro atoms. The van der Waals surface area contributed by atoms with Crippen LogP contribution in [-0.4, -0.2) is 15.3 Å². The van der Waals surface area contributed by atoms with Gasteiger partial charge in [-0.05, 0) is 47.5 Å². The Kier molecular flexibility index (Phi) is 5.37. The quantitative estimate of drug-likeness (QED) is 0.238. The van der Waals surface area contributed by atoms with Gasteiger partial charge in [0.1, 0.15) is 0 Å². The Morgan fingerprint density at radius 3 is 2.52 bits per heavy atom. The van der Waals surface area contributed by atoms with Crippen LogP contribution in [0.25, 0.3) is 39.0 Å². The largest absolute Gasteiger partial charge is 0.311 e. The number of halogens is 1. The van der Waals surface area contributed by atoms with Crippen LogP contribution >= 0.6 is 11.6 Å². The fraction of sp³-hybridized carbons (Fsp3) is 0.0357. The summed E-state index contributed by atoms with van der Waals surface area (Å²) in [5.41, 5.74) is 3.55. The number of rotatable bonds is 4. The van der Waals surface area contributed by atoms with E-state index in [9.17, 15) is 9.59 Å². The average molecular weight is 451 g/mol. The van der Waals surface area contributed by atoms with E-state index in [0.29, 0.717) is 16.1 Å². The Morgan fingerprint density at radius 1 is 0.939 bits per heavy atom. The molecule has 0 N–H and O–H groups in total. The van der Waals surface area contributed by atoms with Gasteiger partial charge in [0.15, 0.2) is 5.78 Å². The van der Waals surface area contributed by atoms with Crippen LogP contribution < -0.4 is 5.56 Å². The number of ketones is 1. The van der Waals surface area contributed by atoms with Gasteiger partial charge in [0.2, 0.25) is 0 Å². The molecule has 0 aliphatic heterocycles. The minimum Gasteiger partial charge on any atom is -0.311 e. The molecule has 0 bridgehead atoms. The molecular formula is C28H19ClN2O2. The topological polar surface area (TPSA) is 52.0 Å². The lowest BCUT2D eigenvalue weighted by Gasteiger charge is -2.15. The number of carbonyl (C=O) groups is 1. The second-order valence-electron chi connectivity index (χ2n) is 7.76. The molecule has 5 aromatic rings. The SMILES string of the molecule is Cn1c(=O)c(C(=O)C=Cc2ccnc3ccccc23)c(-c2ccccc2)c2cc(Cl)ccc21. The highest BCUT2D eigenvalue weighted by atomic mass is 35.5. The average Bonchev–Trinajstić information content (AvgIpc) is 2.85. The van der Waals surface area contributed by atoms with Crippen molar-refractivity contribution in [1.82, 2.24) is 9.55 Å². The molecule has 0 atom stereocenters. The maximum atomic E-state index is 13.5. The summed E-state index contributed by atoms with van der Waals surface area (Å²) >= 11 is 6.31. The Labute approximate surface area is 195 Å². The van der Waals surface area contributed by atoms with Crippen molar-refractivity contribution in [2.75, 3.05) is 0 Å². The molecule has 0 aliphatic carbocycles. The van der Waals surface area contributed by atoms with Gasteiger partial charge in [-0.25, -0.2) is 0 Å². The van der Waals surface area contributed by atoms with Crippen LogP contribution in [0.5, 0.6) is 0 Å². The Bertz CT molecular complexity index is 1610. The first kappa shape index (κ1) is 20.9. The van der Waals surface area contributed by atoms with Crippen LogP contribution in [0.3, 0.4) is 0 Å². The van der Waals surface area contributed by atoms with Gasteiger partial charge in [0.25, 0.3) is 5.56 Å². The maximum Gasteiger partial charge on any atom is 0.262 e. The monoisotopic (exact) mass is 450 g/mol. The number of benzene rings is 3. The van der Waals surface area contributed by atoms with E-state index < -0.39 is 0 Å². The van der Waals surface area contributed by atoms with Gasteiger partial charge >= 0.3 is 0 Å². The second-order valence-corrected chi connectivity index (χ2v) is 8.19. The Hall–Kier alpha value is -4.02. The number of hydrogen-bond acceptors (Lipinski definition) is 3. The maximum absolute atomic E-state index is 13.5. The molecule has 33 heavy (non-hydrogen) atoms. The third-order valence-electron chi connectivity index (χ3n) is 5.76. The minimum absolute atomic E-state index is 0.119. The lowest BCUT2D eigenvalue weighted by molar-refractivity contribution is 0.104. The number of hydrogen-bond donors (Lipinski definition) is 0. The van der Waals surface area contributed by atoms with E-state index in [2.05, 4.69) is 4.98 Å². The third-order valence-corrected chi connectivity index (χ3v) is 6.00. The van der Waals surface area contributed by atoms with Gasteiger partial charge < -0.3 is 4.57 Å². The molecular weight excluding hydrogens is 432 g/mol. The normalized spacial score (nSPS) is 11.5. The number of para-hydroxylation sites is 1. The minimum atomic E-state index is -0.364. The molecule has 0 aliphatic rings. The van der Waals surface area contributed by atoms with E-state index in [4.69, 9.17) is 11.6 Å². The van der Waals surface area contributed by atoms with Gasteiger partial charge in [-0.15, -0.1) is 0 Å². The molecule has 4 nitrogen and oxygen atoms in total. The van der Waals surface area contributed by atoms with Crippen LogP contribution in [0, 0.1) is 0 Å². The zero-order valence-corrected chi connectivity index (χ0v) is 18.6. The zero-order chi connectivity index (χ0) is 22.9. The molecule has 0 saturated heterocycles. The van der Waals surface area contributed by atoms with Gasteiger partial charge in [-0.2, -0.15) is 0 Å². The molecule has 0 radical (unpaired) electrons. The Morgan fingerprint density at radius 2 is 1.70 bits per heavy atom. The number of aromatic nitrogens is 2. The summed E-state index contributed by atoms with van der Waals surface area (Å²) in [4.78, 5) is 31.3. The van der Waals surface area contributed by atoms with Crippen molar-refractivity contribution in [3.05, 3.63) is 118 Å². The van der Waals surface area contributed by atoms with Crippen LogP contribution in [0.4, 0.5) is 0 Å².